The van der Waals surface area contributed by atoms with Crippen LogP contribution in [0, 0.1) is 11.8 Å². The van der Waals surface area contributed by atoms with E-state index in [2.05, 4.69) is 4.57 Å². The Morgan fingerprint density at radius 1 is 1.18 bits per heavy atom. The van der Waals surface area contributed by atoms with E-state index in [0.717, 1.165) is 43.1 Å². The fourth-order valence-electron chi connectivity index (χ4n) is 3.37. The number of carboxylic acids is 1. The maximum absolute atomic E-state index is 11.3. The van der Waals surface area contributed by atoms with Crippen molar-refractivity contribution in [2.45, 2.75) is 32.2 Å². The second-order valence-corrected chi connectivity index (χ2v) is 6.16. The molecule has 0 unspecified atom stereocenters. The van der Waals surface area contributed by atoms with Gasteiger partial charge in [0.25, 0.3) is 0 Å². The first kappa shape index (κ1) is 14.6. The molecule has 1 aromatic heterocycles. The fraction of sp³-hybridized carbons (Fsp3) is 0.412. The molecule has 5 nitrogen and oxygen atoms in total. The van der Waals surface area contributed by atoms with Gasteiger partial charge in [-0.1, -0.05) is 6.07 Å². The van der Waals surface area contributed by atoms with Gasteiger partial charge in [0.15, 0.2) is 0 Å². The van der Waals surface area contributed by atoms with Crippen molar-refractivity contribution >= 4 is 22.8 Å². The number of aromatic nitrogens is 1. The number of nitrogens with zero attached hydrogens (tertiary/aromatic N) is 1. The van der Waals surface area contributed by atoms with Gasteiger partial charge >= 0.3 is 5.97 Å². The molecule has 116 valence electrons. The monoisotopic (exact) mass is 300 g/mol. The van der Waals surface area contributed by atoms with Crippen molar-refractivity contribution in [3.63, 3.8) is 0 Å². The zero-order valence-corrected chi connectivity index (χ0v) is 12.4. The lowest BCUT2D eigenvalue weighted by Gasteiger charge is -2.26. The highest BCUT2D eigenvalue weighted by atomic mass is 16.4. The number of rotatable bonds is 4. The van der Waals surface area contributed by atoms with E-state index in [1.165, 1.54) is 0 Å². The lowest BCUT2D eigenvalue weighted by Crippen LogP contribution is -2.23. The average Bonchev–Trinajstić information content (AvgIpc) is 2.90. The second kappa shape index (κ2) is 5.83. The third kappa shape index (κ3) is 2.84. The standard InChI is InChI=1S/C17H20N2O3/c18-16(20)14-6-5-12-7-8-19(15(12)9-14)10-11-1-3-13(4-2-11)17(21)22/h5-9,11,13H,1-4,10H2,(H2,18,20)(H,21,22)/t11-,13-. The number of nitrogens with two attached hydrogens (primary N) is 1. The number of carbonyl (C=O) groups excluding carboxylic acids is 1. The summed E-state index contributed by atoms with van der Waals surface area (Å²) in [6.07, 6.45) is 5.41. The first-order valence-corrected chi connectivity index (χ1v) is 7.66. The summed E-state index contributed by atoms with van der Waals surface area (Å²) in [5.41, 5.74) is 6.87. The van der Waals surface area contributed by atoms with E-state index in [-0.39, 0.29) is 5.92 Å². The zero-order chi connectivity index (χ0) is 15.7. The normalized spacial score (nSPS) is 21.8. The van der Waals surface area contributed by atoms with Crippen LogP contribution in [0.2, 0.25) is 0 Å². The summed E-state index contributed by atoms with van der Waals surface area (Å²) in [5, 5.41) is 10.1. The van der Waals surface area contributed by atoms with E-state index in [1.54, 1.807) is 6.07 Å². The smallest absolute Gasteiger partial charge is 0.306 e. The van der Waals surface area contributed by atoms with Gasteiger partial charge in [0.1, 0.15) is 0 Å². The second-order valence-electron chi connectivity index (χ2n) is 6.16. The molecule has 3 N–H and O–H groups in total. The van der Waals surface area contributed by atoms with Gasteiger partial charge in [-0.3, -0.25) is 9.59 Å². The molecular weight excluding hydrogens is 280 g/mol. The van der Waals surface area contributed by atoms with Gasteiger partial charge in [-0.15, -0.1) is 0 Å². The van der Waals surface area contributed by atoms with E-state index in [4.69, 9.17) is 10.8 Å². The number of carboxylic acid groups (broad SMARTS) is 1. The van der Waals surface area contributed by atoms with Crippen LogP contribution in [0.3, 0.4) is 0 Å². The molecular formula is C17H20N2O3. The van der Waals surface area contributed by atoms with Gasteiger partial charge in [-0.25, -0.2) is 0 Å². The zero-order valence-electron chi connectivity index (χ0n) is 12.4. The molecule has 22 heavy (non-hydrogen) atoms. The average molecular weight is 300 g/mol. The van der Waals surface area contributed by atoms with Crippen LogP contribution in [0.1, 0.15) is 36.0 Å². The summed E-state index contributed by atoms with van der Waals surface area (Å²) in [7, 11) is 0. The molecule has 2 aromatic rings. The van der Waals surface area contributed by atoms with Crippen LogP contribution in [0.5, 0.6) is 0 Å². The third-order valence-electron chi connectivity index (χ3n) is 4.71. The van der Waals surface area contributed by atoms with Crippen LogP contribution in [0.25, 0.3) is 10.9 Å². The molecule has 3 rings (SSSR count). The highest BCUT2D eigenvalue weighted by Gasteiger charge is 2.26. The summed E-state index contributed by atoms with van der Waals surface area (Å²) in [6, 6.07) is 7.52. The Labute approximate surface area is 128 Å². The molecule has 1 saturated carbocycles. The highest BCUT2D eigenvalue weighted by Crippen LogP contribution is 2.31. The molecule has 0 atom stereocenters. The number of aliphatic carboxylic acids is 1. The Morgan fingerprint density at radius 2 is 1.91 bits per heavy atom. The van der Waals surface area contributed by atoms with Gasteiger partial charge in [0.2, 0.25) is 5.91 Å². The number of benzene rings is 1. The molecule has 1 fully saturated rings. The summed E-state index contributed by atoms with van der Waals surface area (Å²) < 4.78 is 2.15. The van der Waals surface area contributed by atoms with Crippen molar-refractivity contribution in [2.24, 2.45) is 17.6 Å². The van der Waals surface area contributed by atoms with E-state index in [9.17, 15) is 9.59 Å². The highest BCUT2D eigenvalue weighted by molar-refractivity contribution is 5.97. The van der Waals surface area contributed by atoms with E-state index >= 15 is 0 Å². The molecule has 0 spiro atoms. The minimum atomic E-state index is -0.670. The van der Waals surface area contributed by atoms with Crippen molar-refractivity contribution in [2.75, 3.05) is 0 Å². The molecule has 1 aromatic carbocycles. The molecule has 0 saturated heterocycles. The molecule has 5 heteroatoms. The number of primary amides is 1. The molecule has 1 aliphatic carbocycles. The molecule has 0 aliphatic heterocycles. The lowest BCUT2D eigenvalue weighted by molar-refractivity contribution is -0.143. The lowest BCUT2D eigenvalue weighted by atomic mass is 9.82. The molecule has 1 heterocycles. The van der Waals surface area contributed by atoms with Crippen molar-refractivity contribution < 1.29 is 14.7 Å². The largest absolute Gasteiger partial charge is 0.481 e. The van der Waals surface area contributed by atoms with Crippen LogP contribution in [0.4, 0.5) is 0 Å². The first-order valence-electron chi connectivity index (χ1n) is 7.66. The SMILES string of the molecule is NC(=O)c1ccc2ccn(C[C@H]3CC[C@H](C(=O)O)CC3)c2c1. The van der Waals surface area contributed by atoms with Gasteiger partial charge in [-0.2, -0.15) is 0 Å². The topological polar surface area (TPSA) is 85.3 Å². The Balaban J connectivity index is 1.75. The Kier molecular flexibility index (Phi) is 3.88. The Bertz CT molecular complexity index is 712. The summed E-state index contributed by atoms with van der Waals surface area (Å²) in [4.78, 5) is 22.3. The van der Waals surface area contributed by atoms with Crippen molar-refractivity contribution in [1.82, 2.24) is 4.57 Å². The van der Waals surface area contributed by atoms with E-state index in [0.29, 0.717) is 11.5 Å². The van der Waals surface area contributed by atoms with Crippen LogP contribution < -0.4 is 5.73 Å². The number of carbonyl (C=O) groups is 2. The Hall–Kier alpha value is -2.30. The minimum absolute atomic E-state index is 0.181. The van der Waals surface area contributed by atoms with Crippen molar-refractivity contribution in [1.29, 1.82) is 0 Å². The fourth-order valence-corrected chi connectivity index (χ4v) is 3.37. The van der Waals surface area contributed by atoms with Crippen LogP contribution in [0.15, 0.2) is 30.5 Å². The maximum Gasteiger partial charge on any atom is 0.306 e. The molecule has 1 aliphatic rings. The number of hydrogen-bond donors (Lipinski definition) is 2. The first-order chi connectivity index (χ1) is 10.5. The molecule has 1 amide bonds. The van der Waals surface area contributed by atoms with Crippen molar-refractivity contribution in [3.05, 3.63) is 36.0 Å². The summed E-state index contributed by atoms with van der Waals surface area (Å²) in [5.74, 6) is -0.782. The number of hydrogen-bond acceptors (Lipinski definition) is 2. The number of amides is 1. The predicted molar refractivity (Wildman–Crippen MR) is 83.5 cm³/mol. The van der Waals surface area contributed by atoms with Gasteiger partial charge in [-0.05, 0) is 55.2 Å². The number of fused-ring (bicyclic) bond motifs is 1. The van der Waals surface area contributed by atoms with Crippen molar-refractivity contribution in [3.8, 4) is 0 Å². The van der Waals surface area contributed by atoms with Gasteiger partial charge in [0, 0.05) is 23.8 Å². The third-order valence-corrected chi connectivity index (χ3v) is 4.71. The maximum atomic E-state index is 11.3. The van der Waals surface area contributed by atoms with Crippen LogP contribution in [-0.4, -0.2) is 21.6 Å². The van der Waals surface area contributed by atoms with Crippen LogP contribution in [-0.2, 0) is 11.3 Å². The quantitative estimate of drug-likeness (QED) is 0.910. The van der Waals surface area contributed by atoms with E-state index in [1.807, 2.05) is 24.4 Å². The summed E-state index contributed by atoms with van der Waals surface area (Å²) in [6.45, 7) is 0.859. The van der Waals surface area contributed by atoms with Crippen LogP contribution >= 0.6 is 0 Å². The Morgan fingerprint density at radius 3 is 2.55 bits per heavy atom. The molecule has 0 bridgehead atoms. The predicted octanol–water partition coefficient (Wildman–Crippen LogP) is 2.63. The van der Waals surface area contributed by atoms with Gasteiger partial charge in [0.05, 0.1) is 5.92 Å². The van der Waals surface area contributed by atoms with E-state index < -0.39 is 11.9 Å². The summed E-state index contributed by atoms with van der Waals surface area (Å²) >= 11 is 0. The minimum Gasteiger partial charge on any atom is -0.481 e. The van der Waals surface area contributed by atoms with Gasteiger partial charge < -0.3 is 15.4 Å². The molecule has 0 radical (unpaired) electrons.